The van der Waals surface area contributed by atoms with Crippen molar-refractivity contribution in [1.82, 2.24) is 20.3 Å². The molecule has 3 aliphatic rings. The maximum atomic E-state index is 12.3. The van der Waals surface area contributed by atoms with E-state index in [-0.39, 0.29) is 11.8 Å². The summed E-state index contributed by atoms with van der Waals surface area (Å²) in [7, 11) is 0. The topological polar surface area (TPSA) is 83.5 Å². The minimum absolute atomic E-state index is 0.138. The Morgan fingerprint density at radius 3 is 2.19 bits per heavy atom. The molecule has 4 rings (SSSR count). The molecule has 1 aromatic heterocycles. The molecule has 3 heterocycles. The van der Waals surface area contributed by atoms with E-state index >= 15 is 0 Å². The predicted molar refractivity (Wildman–Crippen MR) is 98.1 cm³/mol. The zero-order chi connectivity index (χ0) is 17.8. The Morgan fingerprint density at radius 1 is 0.923 bits per heavy atom. The van der Waals surface area contributed by atoms with Gasteiger partial charge in [-0.05, 0) is 25.7 Å². The van der Waals surface area contributed by atoms with Gasteiger partial charge in [-0.2, -0.15) is 15.0 Å². The number of rotatable bonds is 5. The van der Waals surface area contributed by atoms with Crippen LogP contribution in [0, 0.1) is 5.92 Å². The SMILES string of the molecule is O=C(NCc1nc(N2CCCC2)nc(N2CCOCC2)n1)C1CCCC1. The van der Waals surface area contributed by atoms with Crippen LogP contribution in [0.2, 0.25) is 0 Å². The van der Waals surface area contributed by atoms with E-state index in [2.05, 4.69) is 25.1 Å². The number of anilines is 2. The van der Waals surface area contributed by atoms with Crippen molar-refractivity contribution in [2.75, 3.05) is 49.2 Å². The largest absolute Gasteiger partial charge is 0.378 e. The van der Waals surface area contributed by atoms with Crippen LogP contribution >= 0.6 is 0 Å². The molecular weight excluding hydrogens is 332 g/mol. The van der Waals surface area contributed by atoms with Gasteiger partial charge in [-0.25, -0.2) is 0 Å². The first-order chi connectivity index (χ1) is 12.8. The second-order valence-corrected chi connectivity index (χ2v) is 7.34. The first-order valence-electron chi connectivity index (χ1n) is 9.90. The number of morpholine rings is 1. The van der Waals surface area contributed by atoms with E-state index in [0.717, 1.165) is 57.8 Å². The van der Waals surface area contributed by atoms with Crippen molar-refractivity contribution in [3.05, 3.63) is 5.82 Å². The molecular formula is C18H28N6O2. The Labute approximate surface area is 154 Å². The highest BCUT2D eigenvalue weighted by Crippen LogP contribution is 2.25. The number of aromatic nitrogens is 3. The Hall–Kier alpha value is -1.96. The number of carbonyl (C=O) groups is 1. The van der Waals surface area contributed by atoms with E-state index in [9.17, 15) is 4.79 Å². The summed E-state index contributed by atoms with van der Waals surface area (Å²) >= 11 is 0. The average Bonchev–Trinajstić information content (AvgIpc) is 3.40. The number of nitrogens with zero attached hydrogens (tertiary/aromatic N) is 5. The van der Waals surface area contributed by atoms with Gasteiger partial charge < -0.3 is 19.9 Å². The summed E-state index contributed by atoms with van der Waals surface area (Å²) in [6.45, 7) is 5.31. The third-order valence-electron chi connectivity index (χ3n) is 5.49. The monoisotopic (exact) mass is 360 g/mol. The highest BCUT2D eigenvalue weighted by atomic mass is 16.5. The third kappa shape index (κ3) is 4.06. The first kappa shape index (κ1) is 17.5. The van der Waals surface area contributed by atoms with Crippen molar-refractivity contribution in [3.63, 3.8) is 0 Å². The van der Waals surface area contributed by atoms with E-state index in [1.54, 1.807) is 0 Å². The first-order valence-corrected chi connectivity index (χ1v) is 9.90. The fourth-order valence-corrected chi connectivity index (χ4v) is 3.94. The lowest BCUT2D eigenvalue weighted by Crippen LogP contribution is -2.38. The minimum Gasteiger partial charge on any atom is -0.378 e. The second-order valence-electron chi connectivity index (χ2n) is 7.34. The zero-order valence-electron chi connectivity index (χ0n) is 15.3. The fraction of sp³-hybridized carbons (Fsp3) is 0.778. The number of hydrogen-bond donors (Lipinski definition) is 1. The van der Waals surface area contributed by atoms with E-state index in [4.69, 9.17) is 9.72 Å². The van der Waals surface area contributed by atoms with Gasteiger partial charge in [0.15, 0.2) is 5.82 Å². The zero-order valence-corrected chi connectivity index (χ0v) is 15.3. The number of carbonyl (C=O) groups excluding carboxylic acids is 1. The molecule has 1 saturated carbocycles. The Balaban J connectivity index is 1.49. The summed E-state index contributed by atoms with van der Waals surface area (Å²) in [4.78, 5) is 30.7. The van der Waals surface area contributed by atoms with Gasteiger partial charge in [-0.3, -0.25) is 4.79 Å². The lowest BCUT2D eigenvalue weighted by Gasteiger charge is -2.28. The number of amides is 1. The van der Waals surface area contributed by atoms with Crippen LogP contribution in [0.25, 0.3) is 0 Å². The predicted octanol–water partition coefficient (Wildman–Crippen LogP) is 1.11. The minimum atomic E-state index is 0.138. The van der Waals surface area contributed by atoms with Crippen LogP contribution in [-0.2, 0) is 16.1 Å². The molecule has 142 valence electrons. The number of ether oxygens (including phenoxy) is 1. The number of nitrogens with one attached hydrogen (secondary N) is 1. The summed E-state index contributed by atoms with van der Waals surface area (Å²) in [6.07, 6.45) is 6.66. The average molecular weight is 360 g/mol. The highest BCUT2D eigenvalue weighted by molar-refractivity contribution is 5.78. The summed E-state index contributed by atoms with van der Waals surface area (Å²) in [6, 6.07) is 0. The maximum Gasteiger partial charge on any atom is 0.230 e. The Morgan fingerprint density at radius 2 is 1.54 bits per heavy atom. The van der Waals surface area contributed by atoms with Gasteiger partial charge in [0, 0.05) is 32.1 Å². The maximum absolute atomic E-state index is 12.3. The van der Waals surface area contributed by atoms with E-state index < -0.39 is 0 Å². The Bertz CT molecular complexity index is 622. The summed E-state index contributed by atoms with van der Waals surface area (Å²) in [5.41, 5.74) is 0. The molecule has 2 saturated heterocycles. The summed E-state index contributed by atoms with van der Waals surface area (Å²) < 4.78 is 5.44. The molecule has 0 bridgehead atoms. The van der Waals surface area contributed by atoms with Gasteiger partial charge in [-0.15, -0.1) is 0 Å². The van der Waals surface area contributed by atoms with Gasteiger partial charge in [0.1, 0.15) is 0 Å². The molecule has 1 aromatic rings. The highest BCUT2D eigenvalue weighted by Gasteiger charge is 2.24. The molecule has 8 nitrogen and oxygen atoms in total. The van der Waals surface area contributed by atoms with Crippen LogP contribution in [-0.4, -0.2) is 60.3 Å². The molecule has 0 spiro atoms. The third-order valence-corrected chi connectivity index (χ3v) is 5.49. The molecule has 0 radical (unpaired) electrons. The van der Waals surface area contributed by atoms with Gasteiger partial charge in [-0.1, -0.05) is 12.8 Å². The Kier molecular flexibility index (Phi) is 5.48. The van der Waals surface area contributed by atoms with E-state index in [1.807, 2.05) is 0 Å². The van der Waals surface area contributed by atoms with Crippen LogP contribution in [0.1, 0.15) is 44.3 Å². The standard InChI is InChI=1S/C18H28N6O2/c25-16(14-5-1-2-6-14)19-13-15-20-17(23-7-3-4-8-23)22-18(21-15)24-9-11-26-12-10-24/h14H,1-13H2,(H,19,25). The quantitative estimate of drug-likeness (QED) is 0.842. The molecule has 3 fully saturated rings. The number of hydrogen-bond acceptors (Lipinski definition) is 7. The van der Waals surface area contributed by atoms with Crippen LogP contribution in [0.15, 0.2) is 0 Å². The molecule has 8 heteroatoms. The van der Waals surface area contributed by atoms with Crippen LogP contribution < -0.4 is 15.1 Å². The van der Waals surface area contributed by atoms with Gasteiger partial charge >= 0.3 is 0 Å². The smallest absolute Gasteiger partial charge is 0.230 e. The normalized spacial score (nSPS) is 21.4. The molecule has 0 unspecified atom stereocenters. The van der Waals surface area contributed by atoms with Crippen molar-refractivity contribution < 1.29 is 9.53 Å². The fourth-order valence-electron chi connectivity index (χ4n) is 3.94. The lowest BCUT2D eigenvalue weighted by atomic mass is 10.1. The van der Waals surface area contributed by atoms with E-state index in [1.165, 1.54) is 12.8 Å². The van der Waals surface area contributed by atoms with Crippen molar-refractivity contribution in [2.45, 2.75) is 45.1 Å². The van der Waals surface area contributed by atoms with Crippen LogP contribution in [0.4, 0.5) is 11.9 Å². The van der Waals surface area contributed by atoms with E-state index in [0.29, 0.717) is 31.5 Å². The molecule has 0 aromatic carbocycles. The van der Waals surface area contributed by atoms with Gasteiger partial charge in [0.2, 0.25) is 17.8 Å². The molecule has 2 aliphatic heterocycles. The van der Waals surface area contributed by atoms with Gasteiger partial charge in [0.25, 0.3) is 0 Å². The molecule has 1 amide bonds. The molecule has 1 N–H and O–H groups in total. The van der Waals surface area contributed by atoms with Crippen molar-refractivity contribution in [3.8, 4) is 0 Å². The van der Waals surface area contributed by atoms with Crippen LogP contribution in [0.5, 0.6) is 0 Å². The molecule has 26 heavy (non-hydrogen) atoms. The van der Waals surface area contributed by atoms with Gasteiger partial charge in [0.05, 0.1) is 19.8 Å². The van der Waals surface area contributed by atoms with Crippen LogP contribution in [0.3, 0.4) is 0 Å². The molecule has 0 atom stereocenters. The summed E-state index contributed by atoms with van der Waals surface area (Å²) in [5, 5.41) is 3.04. The lowest BCUT2D eigenvalue weighted by molar-refractivity contribution is -0.125. The van der Waals surface area contributed by atoms with Crippen molar-refractivity contribution in [2.24, 2.45) is 5.92 Å². The van der Waals surface area contributed by atoms with Crippen molar-refractivity contribution >= 4 is 17.8 Å². The summed E-state index contributed by atoms with van der Waals surface area (Å²) in [5.74, 6) is 2.39. The van der Waals surface area contributed by atoms with Crippen molar-refractivity contribution in [1.29, 1.82) is 0 Å². The molecule has 1 aliphatic carbocycles. The second kappa shape index (κ2) is 8.16.